The number of ether oxygens (including phenoxy) is 1. The van der Waals surface area contributed by atoms with Crippen LogP contribution in [0.15, 0.2) is 0 Å². The quantitative estimate of drug-likeness (QED) is 0.461. The van der Waals surface area contributed by atoms with Crippen molar-refractivity contribution in [2.75, 3.05) is 6.54 Å². The molecule has 110 valence electrons. The number of rotatable bonds is 6. The van der Waals surface area contributed by atoms with Gasteiger partial charge in [0.25, 0.3) is 6.47 Å². The first kappa shape index (κ1) is 15.2. The van der Waals surface area contributed by atoms with Gasteiger partial charge in [0, 0.05) is 24.9 Å². The monoisotopic (exact) mass is 285 g/mol. The van der Waals surface area contributed by atoms with E-state index in [-0.39, 0.29) is 0 Å². The van der Waals surface area contributed by atoms with Gasteiger partial charge in [0.2, 0.25) is 0 Å². The summed E-state index contributed by atoms with van der Waals surface area (Å²) >= 11 is 4.62. The number of carbonyl (C=O) groups is 1. The normalized spacial score (nSPS) is 35.4. The Labute approximate surface area is 122 Å². The molecule has 0 saturated carbocycles. The van der Waals surface area contributed by atoms with Gasteiger partial charge in [-0.25, -0.2) is 0 Å². The first-order valence-corrected chi connectivity index (χ1v) is 8.08. The van der Waals surface area contributed by atoms with Gasteiger partial charge in [0.15, 0.2) is 4.93 Å². The van der Waals surface area contributed by atoms with Gasteiger partial charge in [-0.15, -0.1) is 12.6 Å². The Hall–Kier alpha value is -0.220. The van der Waals surface area contributed by atoms with E-state index in [2.05, 4.69) is 31.4 Å². The average molecular weight is 285 g/mol. The molecule has 0 aromatic rings. The van der Waals surface area contributed by atoms with Crippen LogP contribution in [-0.2, 0) is 9.53 Å². The van der Waals surface area contributed by atoms with Gasteiger partial charge in [0.05, 0.1) is 0 Å². The molecule has 0 radical (unpaired) electrons. The lowest BCUT2D eigenvalue weighted by molar-refractivity contribution is -0.143. The van der Waals surface area contributed by atoms with Crippen molar-refractivity contribution in [1.29, 1.82) is 0 Å². The zero-order valence-corrected chi connectivity index (χ0v) is 13.1. The van der Waals surface area contributed by atoms with Crippen LogP contribution in [0.4, 0.5) is 0 Å². The molecule has 2 heterocycles. The van der Waals surface area contributed by atoms with E-state index in [4.69, 9.17) is 4.74 Å². The highest BCUT2D eigenvalue weighted by Gasteiger charge is 2.45. The number of fused-ring (bicyclic) bond motifs is 2. The zero-order chi connectivity index (χ0) is 13.9. The summed E-state index contributed by atoms with van der Waals surface area (Å²) in [5.41, 5.74) is 0. The molecule has 0 N–H and O–H groups in total. The number of hydrogen-bond acceptors (Lipinski definition) is 4. The Morgan fingerprint density at radius 3 is 2.53 bits per heavy atom. The van der Waals surface area contributed by atoms with Crippen LogP contribution in [0.1, 0.15) is 58.8 Å². The Balaban J connectivity index is 1.93. The van der Waals surface area contributed by atoms with Crippen molar-refractivity contribution in [2.24, 2.45) is 5.92 Å². The third kappa shape index (κ3) is 3.88. The van der Waals surface area contributed by atoms with E-state index in [1.54, 1.807) is 0 Å². The molecule has 0 spiro atoms. The fraction of sp³-hybridized carbons (Fsp3) is 0.933. The summed E-state index contributed by atoms with van der Waals surface area (Å²) in [5, 5.41) is 0. The van der Waals surface area contributed by atoms with Gasteiger partial charge < -0.3 is 4.74 Å². The van der Waals surface area contributed by atoms with Gasteiger partial charge in [0.1, 0.15) is 0 Å². The molecule has 0 amide bonds. The highest BCUT2D eigenvalue weighted by molar-refractivity contribution is 7.81. The highest BCUT2D eigenvalue weighted by Crippen LogP contribution is 2.42. The summed E-state index contributed by atoms with van der Waals surface area (Å²) in [6, 6.07) is 1.11. The minimum atomic E-state index is -0.522. The maximum Gasteiger partial charge on any atom is 0.294 e. The number of hydrogen-bond donors (Lipinski definition) is 1. The third-order valence-electron chi connectivity index (χ3n) is 4.59. The van der Waals surface area contributed by atoms with Crippen molar-refractivity contribution < 1.29 is 9.53 Å². The molecule has 0 aromatic heterocycles. The number of carbonyl (C=O) groups excluding carboxylic acids is 1. The van der Waals surface area contributed by atoms with Crippen LogP contribution in [0.25, 0.3) is 0 Å². The Kier molecular flexibility index (Phi) is 5.18. The van der Waals surface area contributed by atoms with E-state index in [0.29, 0.717) is 18.6 Å². The molecule has 0 aliphatic carbocycles. The third-order valence-corrected chi connectivity index (χ3v) is 5.06. The fourth-order valence-corrected chi connectivity index (χ4v) is 4.17. The summed E-state index contributed by atoms with van der Waals surface area (Å²) in [5.74, 6) is 0.784. The molecule has 2 unspecified atom stereocenters. The second kappa shape index (κ2) is 6.49. The zero-order valence-electron chi connectivity index (χ0n) is 12.2. The van der Waals surface area contributed by atoms with Crippen LogP contribution in [0, 0.1) is 5.92 Å². The molecule has 2 aliphatic heterocycles. The van der Waals surface area contributed by atoms with Crippen LogP contribution in [0.3, 0.4) is 0 Å². The predicted octanol–water partition coefficient (Wildman–Crippen LogP) is 3.24. The first-order chi connectivity index (χ1) is 9.04. The van der Waals surface area contributed by atoms with Crippen LogP contribution in [0.5, 0.6) is 0 Å². The van der Waals surface area contributed by atoms with E-state index in [1.807, 2.05) is 0 Å². The lowest BCUT2D eigenvalue weighted by Crippen LogP contribution is -2.57. The molecule has 2 rings (SSSR count). The maximum absolute atomic E-state index is 10.6. The number of thiol groups is 1. The van der Waals surface area contributed by atoms with Gasteiger partial charge in [-0.3, -0.25) is 9.69 Å². The van der Waals surface area contributed by atoms with Crippen LogP contribution >= 0.6 is 12.6 Å². The second-order valence-electron chi connectivity index (χ2n) is 6.58. The molecule has 2 fully saturated rings. The topological polar surface area (TPSA) is 29.5 Å². The summed E-state index contributed by atoms with van der Waals surface area (Å²) in [4.78, 5) is 12.8. The van der Waals surface area contributed by atoms with Gasteiger partial charge in [-0.2, -0.15) is 0 Å². The molecule has 3 nitrogen and oxygen atoms in total. The van der Waals surface area contributed by atoms with Crippen LogP contribution < -0.4 is 0 Å². The van der Waals surface area contributed by atoms with E-state index in [0.717, 1.165) is 18.8 Å². The van der Waals surface area contributed by atoms with Crippen LogP contribution in [-0.4, -0.2) is 34.9 Å². The maximum atomic E-state index is 10.6. The molecular formula is C15H27NO2S. The van der Waals surface area contributed by atoms with Crippen molar-refractivity contribution in [3.8, 4) is 0 Å². The van der Waals surface area contributed by atoms with Crippen molar-refractivity contribution in [3.05, 3.63) is 0 Å². The second-order valence-corrected chi connectivity index (χ2v) is 7.40. The summed E-state index contributed by atoms with van der Waals surface area (Å²) in [6.45, 7) is 6.33. The SMILES string of the molecule is CC(C)CCCN1C2CCCC1CC(S)(OC=O)C2. The predicted molar refractivity (Wildman–Crippen MR) is 80.3 cm³/mol. The minimum Gasteiger partial charge on any atom is -0.450 e. The van der Waals surface area contributed by atoms with Crippen molar-refractivity contribution in [1.82, 2.24) is 4.90 Å². The first-order valence-electron chi connectivity index (χ1n) is 7.63. The van der Waals surface area contributed by atoms with E-state index in [9.17, 15) is 4.79 Å². The molecule has 4 heteroatoms. The summed E-state index contributed by atoms with van der Waals surface area (Å²) in [6.07, 6.45) is 8.10. The molecule has 19 heavy (non-hydrogen) atoms. The van der Waals surface area contributed by atoms with Crippen molar-refractivity contribution >= 4 is 19.1 Å². The van der Waals surface area contributed by atoms with Crippen molar-refractivity contribution in [3.63, 3.8) is 0 Å². The summed E-state index contributed by atoms with van der Waals surface area (Å²) < 4.78 is 5.25. The van der Waals surface area contributed by atoms with E-state index in [1.165, 1.54) is 38.6 Å². The summed E-state index contributed by atoms with van der Waals surface area (Å²) in [7, 11) is 0. The molecule has 0 aromatic carbocycles. The number of piperidine rings is 2. The van der Waals surface area contributed by atoms with Gasteiger partial charge >= 0.3 is 0 Å². The molecule has 2 aliphatic rings. The smallest absolute Gasteiger partial charge is 0.294 e. The van der Waals surface area contributed by atoms with E-state index < -0.39 is 4.93 Å². The minimum absolute atomic E-state index is 0.522. The van der Waals surface area contributed by atoms with E-state index >= 15 is 0 Å². The lowest BCUT2D eigenvalue weighted by Gasteiger charge is -2.51. The highest BCUT2D eigenvalue weighted by atomic mass is 32.1. The molecular weight excluding hydrogens is 258 g/mol. The number of nitrogens with zero attached hydrogens (tertiary/aromatic N) is 1. The Bertz CT molecular complexity index is 295. The van der Waals surface area contributed by atoms with Gasteiger partial charge in [-0.1, -0.05) is 20.3 Å². The molecule has 2 atom stereocenters. The average Bonchev–Trinajstić information content (AvgIpc) is 2.30. The van der Waals surface area contributed by atoms with Gasteiger partial charge in [-0.05, 0) is 38.1 Å². The molecule has 2 bridgehead atoms. The van der Waals surface area contributed by atoms with Crippen LogP contribution in [0.2, 0.25) is 0 Å². The largest absolute Gasteiger partial charge is 0.450 e. The fourth-order valence-electron chi connectivity index (χ4n) is 3.71. The Morgan fingerprint density at radius 1 is 1.37 bits per heavy atom. The van der Waals surface area contributed by atoms with Crippen molar-refractivity contribution in [2.45, 2.75) is 75.8 Å². The Morgan fingerprint density at radius 2 is 2.00 bits per heavy atom. The molecule has 2 saturated heterocycles. The lowest BCUT2D eigenvalue weighted by atomic mass is 9.82. The standard InChI is InChI=1S/C15H27NO2S/c1-12(2)5-4-8-16-13-6-3-7-14(16)10-15(19,9-13)18-11-17/h11-14,19H,3-10H2,1-2H3.